The highest BCUT2D eigenvalue weighted by atomic mass is 16.6. The molecule has 1 aromatic rings. The topological polar surface area (TPSA) is 108 Å². The van der Waals surface area contributed by atoms with Gasteiger partial charge in [-0.2, -0.15) is 0 Å². The number of aromatic nitrogens is 1. The van der Waals surface area contributed by atoms with Gasteiger partial charge in [-0.3, -0.25) is 4.79 Å². The molecule has 7 heteroatoms. The lowest BCUT2D eigenvalue weighted by Crippen LogP contribution is -2.15. The number of carbonyl (C=O) groups excluding carboxylic acids is 1. The molecule has 0 radical (unpaired) electrons. The molecular weight excluding hydrogens is 202 g/mol. The number of rotatable bonds is 5. The number of primary amides is 1. The first-order valence-corrected chi connectivity index (χ1v) is 4.12. The highest BCUT2D eigenvalue weighted by Crippen LogP contribution is 2.22. The average Bonchev–Trinajstić information content (AvgIpc) is 2.17. The SMILES string of the molecule is NC(=O)CCOc1cccnc1[N+](=O)[O-]. The zero-order valence-electron chi connectivity index (χ0n) is 7.75. The van der Waals surface area contributed by atoms with Crippen LogP contribution in [0.4, 0.5) is 5.82 Å². The molecule has 15 heavy (non-hydrogen) atoms. The number of nitro groups is 1. The Morgan fingerprint density at radius 2 is 2.40 bits per heavy atom. The van der Waals surface area contributed by atoms with E-state index in [2.05, 4.69) is 4.98 Å². The van der Waals surface area contributed by atoms with Gasteiger partial charge in [-0.05, 0) is 22.0 Å². The standard InChI is InChI=1S/C8H9N3O4/c9-7(12)3-5-15-6-2-1-4-10-8(6)11(13)14/h1-2,4H,3,5H2,(H2,9,12). The lowest BCUT2D eigenvalue weighted by atomic mass is 10.4. The summed E-state index contributed by atoms with van der Waals surface area (Å²) >= 11 is 0. The molecule has 0 fully saturated rings. The van der Waals surface area contributed by atoms with Gasteiger partial charge >= 0.3 is 5.82 Å². The van der Waals surface area contributed by atoms with E-state index in [0.29, 0.717) is 0 Å². The number of nitrogens with zero attached hydrogens (tertiary/aromatic N) is 2. The van der Waals surface area contributed by atoms with Crippen molar-refractivity contribution >= 4 is 11.7 Å². The van der Waals surface area contributed by atoms with Crippen LogP contribution in [0.1, 0.15) is 6.42 Å². The van der Waals surface area contributed by atoms with Gasteiger partial charge in [0, 0.05) is 0 Å². The van der Waals surface area contributed by atoms with Crippen molar-refractivity contribution in [3.8, 4) is 5.75 Å². The van der Waals surface area contributed by atoms with Gasteiger partial charge in [0.05, 0.1) is 13.0 Å². The number of hydrogen-bond donors (Lipinski definition) is 1. The number of carbonyl (C=O) groups is 1. The Bertz CT molecular complexity index is 380. The second kappa shape index (κ2) is 4.89. The smallest absolute Gasteiger partial charge is 0.406 e. The molecule has 0 saturated heterocycles. The van der Waals surface area contributed by atoms with Crippen molar-refractivity contribution in [1.29, 1.82) is 0 Å². The van der Waals surface area contributed by atoms with Crippen LogP contribution in [-0.4, -0.2) is 22.4 Å². The van der Waals surface area contributed by atoms with E-state index in [1.807, 2.05) is 0 Å². The predicted molar refractivity (Wildman–Crippen MR) is 50.2 cm³/mol. The maximum Gasteiger partial charge on any atom is 0.406 e. The van der Waals surface area contributed by atoms with E-state index in [9.17, 15) is 14.9 Å². The Labute approximate surface area is 85.0 Å². The molecule has 80 valence electrons. The molecule has 0 bridgehead atoms. The van der Waals surface area contributed by atoms with Crippen LogP contribution in [-0.2, 0) is 4.79 Å². The third-order valence-electron chi connectivity index (χ3n) is 1.53. The Balaban J connectivity index is 2.67. The van der Waals surface area contributed by atoms with Crippen molar-refractivity contribution in [2.24, 2.45) is 5.73 Å². The maximum absolute atomic E-state index is 10.5. The van der Waals surface area contributed by atoms with Crippen LogP contribution >= 0.6 is 0 Å². The van der Waals surface area contributed by atoms with E-state index >= 15 is 0 Å². The fourth-order valence-corrected chi connectivity index (χ4v) is 0.894. The van der Waals surface area contributed by atoms with Crippen molar-refractivity contribution in [1.82, 2.24) is 4.98 Å². The molecule has 0 saturated carbocycles. The molecule has 0 aliphatic heterocycles. The molecule has 0 aliphatic carbocycles. The molecule has 1 heterocycles. The Hall–Kier alpha value is -2.18. The maximum atomic E-state index is 10.5. The molecule has 0 aliphatic rings. The summed E-state index contributed by atoms with van der Waals surface area (Å²) in [5, 5.41) is 10.5. The number of ether oxygens (including phenoxy) is 1. The zero-order valence-corrected chi connectivity index (χ0v) is 7.75. The number of amides is 1. The fourth-order valence-electron chi connectivity index (χ4n) is 0.894. The van der Waals surface area contributed by atoms with Gasteiger partial charge in [-0.15, -0.1) is 0 Å². The van der Waals surface area contributed by atoms with Crippen LogP contribution in [0.15, 0.2) is 18.3 Å². The van der Waals surface area contributed by atoms with Crippen LogP contribution in [0.5, 0.6) is 5.75 Å². The largest absolute Gasteiger partial charge is 0.485 e. The van der Waals surface area contributed by atoms with Gasteiger partial charge in [-0.25, -0.2) is 0 Å². The number of pyridine rings is 1. The highest BCUT2D eigenvalue weighted by Gasteiger charge is 2.15. The quantitative estimate of drug-likeness (QED) is 0.554. The van der Waals surface area contributed by atoms with Crippen LogP contribution in [0, 0.1) is 10.1 Å². The van der Waals surface area contributed by atoms with Gasteiger partial charge in [0.2, 0.25) is 11.7 Å². The van der Waals surface area contributed by atoms with Gasteiger partial charge < -0.3 is 20.6 Å². The Kier molecular flexibility index (Phi) is 3.55. The summed E-state index contributed by atoms with van der Waals surface area (Å²) in [6.45, 7) is 0.00185. The van der Waals surface area contributed by atoms with Crippen LogP contribution in [0.25, 0.3) is 0 Å². The van der Waals surface area contributed by atoms with E-state index in [0.717, 1.165) is 0 Å². The Morgan fingerprint density at radius 1 is 1.67 bits per heavy atom. The van der Waals surface area contributed by atoms with E-state index in [1.54, 1.807) is 0 Å². The van der Waals surface area contributed by atoms with E-state index in [1.165, 1.54) is 18.3 Å². The van der Waals surface area contributed by atoms with Crippen LogP contribution in [0.2, 0.25) is 0 Å². The van der Waals surface area contributed by atoms with Crippen molar-refractivity contribution in [3.63, 3.8) is 0 Å². The summed E-state index contributed by atoms with van der Waals surface area (Å²) in [5.41, 5.74) is 4.89. The summed E-state index contributed by atoms with van der Waals surface area (Å²) in [6, 6.07) is 2.92. The molecule has 0 spiro atoms. The molecule has 0 aromatic carbocycles. The van der Waals surface area contributed by atoms with Crippen molar-refractivity contribution in [2.75, 3.05) is 6.61 Å². The molecule has 1 aromatic heterocycles. The molecule has 1 amide bonds. The molecular formula is C8H9N3O4. The fraction of sp³-hybridized carbons (Fsp3) is 0.250. The average molecular weight is 211 g/mol. The second-order valence-corrected chi connectivity index (χ2v) is 2.65. The minimum atomic E-state index is -0.653. The highest BCUT2D eigenvalue weighted by molar-refractivity contribution is 5.73. The number of nitrogens with two attached hydrogens (primary N) is 1. The van der Waals surface area contributed by atoms with Gasteiger partial charge in [0.15, 0.2) is 0 Å². The molecule has 0 atom stereocenters. The second-order valence-electron chi connectivity index (χ2n) is 2.65. The molecule has 7 nitrogen and oxygen atoms in total. The lowest BCUT2D eigenvalue weighted by Gasteiger charge is -2.03. The zero-order chi connectivity index (χ0) is 11.3. The first-order valence-electron chi connectivity index (χ1n) is 4.12. The monoisotopic (exact) mass is 211 g/mol. The summed E-state index contributed by atoms with van der Waals surface area (Å²) in [6.07, 6.45) is 1.30. The summed E-state index contributed by atoms with van der Waals surface area (Å²) in [4.78, 5) is 23.8. The summed E-state index contributed by atoms with van der Waals surface area (Å²) in [5.74, 6) is -0.868. The van der Waals surface area contributed by atoms with Crippen LogP contribution in [0.3, 0.4) is 0 Å². The van der Waals surface area contributed by atoms with E-state index in [4.69, 9.17) is 10.5 Å². The van der Waals surface area contributed by atoms with Crippen molar-refractivity contribution in [3.05, 3.63) is 28.4 Å². The summed E-state index contributed by atoms with van der Waals surface area (Å²) in [7, 11) is 0. The van der Waals surface area contributed by atoms with Crippen molar-refractivity contribution < 1.29 is 14.5 Å². The van der Waals surface area contributed by atoms with Gasteiger partial charge in [0.25, 0.3) is 0 Å². The minimum Gasteiger partial charge on any atom is -0.485 e. The molecule has 1 rings (SSSR count). The Morgan fingerprint density at radius 3 is 3.00 bits per heavy atom. The van der Waals surface area contributed by atoms with Crippen LogP contribution < -0.4 is 10.5 Å². The lowest BCUT2D eigenvalue weighted by molar-refractivity contribution is -0.390. The molecule has 2 N–H and O–H groups in total. The normalized spacial score (nSPS) is 9.60. The van der Waals surface area contributed by atoms with E-state index in [-0.39, 0.29) is 24.6 Å². The third-order valence-corrected chi connectivity index (χ3v) is 1.53. The number of hydrogen-bond acceptors (Lipinski definition) is 5. The van der Waals surface area contributed by atoms with Gasteiger partial charge in [0.1, 0.15) is 6.20 Å². The van der Waals surface area contributed by atoms with E-state index < -0.39 is 10.8 Å². The minimum absolute atomic E-state index is 0.00185. The first kappa shape index (κ1) is 10.9. The van der Waals surface area contributed by atoms with Gasteiger partial charge in [-0.1, -0.05) is 0 Å². The third kappa shape index (κ3) is 3.22. The molecule has 0 unspecified atom stereocenters. The predicted octanol–water partition coefficient (Wildman–Crippen LogP) is 0.244. The first-order chi connectivity index (χ1) is 7.11. The summed E-state index contributed by atoms with van der Waals surface area (Å²) < 4.78 is 5.00. The van der Waals surface area contributed by atoms with Crippen molar-refractivity contribution in [2.45, 2.75) is 6.42 Å².